The van der Waals surface area contributed by atoms with E-state index in [-0.39, 0.29) is 12.1 Å². The van der Waals surface area contributed by atoms with E-state index in [0.29, 0.717) is 25.0 Å². The van der Waals surface area contributed by atoms with Gasteiger partial charge in [-0.05, 0) is 0 Å². The molecule has 2 aliphatic rings. The van der Waals surface area contributed by atoms with Gasteiger partial charge in [-0.3, -0.25) is 0 Å². The van der Waals surface area contributed by atoms with Crippen molar-refractivity contribution < 1.29 is 9.47 Å². The van der Waals surface area contributed by atoms with Gasteiger partial charge in [-0.25, -0.2) is 0 Å². The van der Waals surface area contributed by atoms with Gasteiger partial charge in [0.2, 0.25) is 0 Å². The van der Waals surface area contributed by atoms with Crippen LogP contribution in [0.1, 0.15) is 38.8 Å². The van der Waals surface area contributed by atoms with Crippen LogP contribution in [0.15, 0.2) is 28.2 Å². The second-order valence-electron chi connectivity index (χ2n) is 9.09. The predicted molar refractivity (Wildman–Crippen MR) is 112 cm³/mol. The Bertz CT molecular complexity index is 680. The van der Waals surface area contributed by atoms with Crippen LogP contribution >= 0.6 is 0 Å². The molecule has 2 heterocycles. The molecule has 2 aliphatic heterocycles. The van der Waals surface area contributed by atoms with E-state index < -0.39 is 18.4 Å². The topological polar surface area (TPSA) is 43.2 Å². The molecule has 2 atom stereocenters. The molecule has 0 saturated heterocycles. The molecule has 0 bridgehead atoms. The van der Waals surface area contributed by atoms with Gasteiger partial charge in [-0.1, -0.05) is 0 Å². The molecule has 4 nitrogen and oxygen atoms in total. The van der Waals surface area contributed by atoms with Gasteiger partial charge in [0.05, 0.1) is 0 Å². The van der Waals surface area contributed by atoms with Crippen LogP contribution in [0.2, 0.25) is 14.8 Å². The first-order valence-electron chi connectivity index (χ1n) is 9.74. The van der Waals surface area contributed by atoms with Crippen LogP contribution < -0.4 is 3.58 Å². The Kier molecular flexibility index (Phi) is 5.71. The van der Waals surface area contributed by atoms with Crippen LogP contribution in [-0.2, 0) is 9.47 Å². The second kappa shape index (κ2) is 7.53. The molecule has 0 radical (unpaired) electrons. The van der Waals surface area contributed by atoms with Crippen LogP contribution in [0.3, 0.4) is 0 Å². The zero-order valence-corrected chi connectivity index (χ0v) is 20.0. The van der Waals surface area contributed by atoms with Crippen LogP contribution in [0.4, 0.5) is 0 Å². The summed E-state index contributed by atoms with van der Waals surface area (Å²) in [5.41, 5.74) is 2.32. The van der Waals surface area contributed by atoms with Gasteiger partial charge in [0.15, 0.2) is 0 Å². The molecule has 0 aliphatic carbocycles. The summed E-state index contributed by atoms with van der Waals surface area (Å²) in [5, 5.41) is 0. The number of benzene rings is 1. The molecular formula is C21H32N2O2Sn. The maximum absolute atomic E-state index is 6.03. The molecule has 0 fully saturated rings. The first kappa shape index (κ1) is 19.7. The summed E-state index contributed by atoms with van der Waals surface area (Å²) >= 11 is -2.50. The van der Waals surface area contributed by atoms with Crippen LogP contribution in [0.25, 0.3) is 0 Å². The van der Waals surface area contributed by atoms with Crippen molar-refractivity contribution in [3.8, 4) is 0 Å². The van der Waals surface area contributed by atoms with E-state index >= 15 is 0 Å². The van der Waals surface area contributed by atoms with E-state index in [4.69, 9.17) is 19.5 Å². The molecule has 26 heavy (non-hydrogen) atoms. The quantitative estimate of drug-likeness (QED) is 0.624. The van der Waals surface area contributed by atoms with E-state index in [1.807, 2.05) is 0 Å². The minimum absolute atomic E-state index is 0.252. The monoisotopic (exact) mass is 464 g/mol. The second-order valence-corrected chi connectivity index (χ2v) is 23.4. The Hall–Kier alpha value is -1.04. The van der Waals surface area contributed by atoms with Crippen LogP contribution in [-0.4, -0.2) is 55.5 Å². The summed E-state index contributed by atoms with van der Waals surface area (Å²) in [7, 11) is 0. The van der Waals surface area contributed by atoms with Crippen molar-refractivity contribution in [3.05, 3.63) is 29.3 Å². The summed E-state index contributed by atoms with van der Waals surface area (Å²) in [6.07, 6.45) is 0. The predicted octanol–water partition coefficient (Wildman–Crippen LogP) is 3.83. The van der Waals surface area contributed by atoms with E-state index in [1.54, 1.807) is 0 Å². The van der Waals surface area contributed by atoms with Crippen molar-refractivity contribution in [1.82, 2.24) is 0 Å². The molecule has 0 unspecified atom stereocenters. The third kappa shape index (κ3) is 3.95. The molecular weight excluding hydrogens is 431 g/mol. The number of aliphatic imine (C=N–C) groups is 2. The fourth-order valence-electron chi connectivity index (χ4n) is 3.47. The number of rotatable bonds is 5. The third-order valence-electron chi connectivity index (χ3n) is 5.16. The van der Waals surface area contributed by atoms with Gasteiger partial charge >= 0.3 is 162 Å². The first-order chi connectivity index (χ1) is 12.2. The fraction of sp³-hybridized carbons (Fsp3) is 0.619. The molecule has 0 saturated carbocycles. The molecule has 142 valence electrons. The Morgan fingerprint density at radius 3 is 1.58 bits per heavy atom. The van der Waals surface area contributed by atoms with Crippen molar-refractivity contribution >= 4 is 33.8 Å². The number of hydrogen-bond donors (Lipinski definition) is 0. The molecule has 5 heteroatoms. The van der Waals surface area contributed by atoms with Gasteiger partial charge in [-0.15, -0.1) is 0 Å². The van der Waals surface area contributed by atoms with Gasteiger partial charge < -0.3 is 0 Å². The van der Waals surface area contributed by atoms with Gasteiger partial charge in [0.1, 0.15) is 0 Å². The Labute approximate surface area is 162 Å². The van der Waals surface area contributed by atoms with Crippen molar-refractivity contribution in [2.75, 3.05) is 13.2 Å². The number of nitrogens with zero attached hydrogens (tertiary/aromatic N) is 2. The van der Waals surface area contributed by atoms with Crippen molar-refractivity contribution in [2.24, 2.45) is 21.8 Å². The van der Waals surface area contributed by atoms with Crippen molar-refractivity contribution in [3.63, 3.8) is 0 Å². The van der Waals surface area contributed by atoms with E-state index in [0.717, 1.165) is 22.9 Å². The van der Waals surface area contributed by atoms with E-state index in [1.165, 1.54) is 3.58 Å². The summed E-state index contributed by atoms with van der Waals surface area (Å²) in [5.74, 6) is 2.61. The number of hydrogen-bond acceptors (Lipinski definition) is 4. The molecule has 0 aromatic heterocycles. The summed E-state index contributed by atoms with van der Waals surface area (Å²) in [6.45, 7) is 10.2. The standard InChI is InChI=1S/C18H23N2O2.3CH3.Sn/c1-11(2)15-9-21-17(19-15)13-6-5-7-14(8-13)18-20-16(10-22-18)12(3)4;;;;/h5-7,11-12,15-16H,9-10H2,1-4H3;3*1H3;/t15-,16-;;;;/m1..../s1. The number of ether oxygens (including phenoxy) is 2. The molecule has 0 N–H and O–H groups in total. The zero-order valence-electron chi connectivity index (χ0n) is 17.2. The summed E-state index contributed by atoms with van der Waals surface area (Å²) < 4.78 is 13.5. The fourth-order valence-corrected chi connectivity index (χ4v) is 9.17. The molecule has 3 rings (SSSR count). The first-order valence-corrected chi connectivity index (χ1v) is 19.7. The average molecular weight is 463 g/mol. The Balaban J connectivity index is 2.08. The van der Waals surface area contributed by atoms with Crippen LogP contribution in [0, 0.1) is 11.8 Å². The van der Waals surface area contributed by atoms with Crippen molar-refractivity contribution in [2.45, 2.75) is 54.6 Å². The zero-order chi connectivity index (χ0) is 19.1. The van der Waals surface area contributed by atoms with Gasteiger partial charge in [-0.2, -0.15) is 0 Å². The molecule has 0 spiro atoms. The van der Waals surface area contributed by atoms with Crippen LogP contribution in [0.5, 0.6) is 0 Å². The van der Waals surface area contributed by atoms with Gasteiger partial charge in [0.25, 0.3) is 0 Å². The van der Waals surface area contributed by atoms with E-state index in [2.05, 4.69) is 60.7 Å². The summed E-state index contributed by atoms with van der Waals surface area (Å²) in [6, 6.07) is 6.93. The normalized spacial score (nSPS) is 23.1. The summed E-state index contributed by atoms with van der Waals surface area (Å²) in [4.78, 5) is 17.1. The average Bonchev–Trinajstić information content (AvgIpc) is 3.23. The van der Waals surface area contributed by atoms with Gasteiger partial charge in [0, 0.05) is 0 Å². The third-order valence-corrected chi connectivity index (χ3v) is 11.0. The minimum atomic E-state index is -2.50. The maximum atomic E-state index is 6.03. The van der Waals surface area contributed by atoms with Crippen molar-refractivity contribution in [1.29, 1.82) is 0 Å². The molecule has 1 aromatic carbocycles. The molecule has 1 aromatic rings. The van der Waals surface area contributed by atoms with E-state index in [9.17, 15) is 0 Å². The SMILES string of the molecule is CC(C)[C@H]1COC(c2cccc(C3=N[C@@H](C(C)C)CO3)[c]2[Sn]([CH3])([CH3])[CH3])=N1. The Morgan fingerprint density at radius 2 is 1.27 bits per heavy atom. The molecule has 0 amide bonds. The Morgan fingerprint density at radius 1 is 0.846 bits per heavy atom.